The minimum Gasteiger partial charge on any atom is -0.350 e. The van der Waals surface area contributed by atoms with Crippen molar-refractivity contribution in [2.75, 3.05) is 5.32 Å². The van der Waals surface area contributed by atoms with Gasteiger partial charge in [-0.05, 0) is 29.6 Å². The number of H-pyrrole nitrogens is 1. The summed E-state index contributed by atoms with van der Waals surface area (Å²) >= 11 is 1.45. The third-order valence-electron chi connectivity index (χ3n) is 2.97. The van der Waals surface area contributed by atoms with E-state index in [9.17, 15) is 18.0 Å². The van der Waals surface area contributed by atoms with Gasteiger partial charge in [0.05, 0.1) is 21.5 Å². The number of carbonyl (C=O) groups excluding carboxylic acids is 1. The topological polar surface area (TPSA) is 44.9 Å². The number of halogens is 3. The molecule has 0 radical (unpaired) electrons. The van der Waals surface area contributed by atoms with Crippen molar-refractivity contribution in [3.63, 3.8) is 0 Å². The number of hydrogen-bond donors (Lipinski definition) is 2. The van der Waals surface area contributed by atoms with E-state index in [1.165, 1.54) is 29.5 Å². The molecule has 0 aliphatic heterocycles. The summed E-state index contributed by atoms with van der Waals surface area (Å²) in [6, 6.07) is 8.31. The number of carbonyl (C=O) groups is 1. The van der Waals surface area contributed by atoms with Crippen molar-refractivity contribution in [1.29, 1.82) is 0 Å². The number of rotatable bonds is 2. The van der Waals surface area contributed by atoms with E-state index in [-0.39, 0.29) is 11.4 Å². The maximum atomic E-state index is 12.9. The van der Waals surface area contributed by atoms with Crippen molar-refractivity contribution in [3.8, 4) is 0 Å². The Morgan fingerprint density at radius 2 is 1.95 bits per heavy atom. The van der Waals surface area contributed by atoms with E-state index in [1.807, 2.05) is 5.38 Å². The van der Waals surface area contributed by atoms with Gasteiger partial charge in [-0.15, -0.1) is 11.3 Å². The van der Waals surface area contributed by atoms with Crippen molar-refractivity contribution >= 4 is 33.1 Å². The van der Waals surface area contributed by atoms with E-state index < -0.39 is 17.6 Å². The fourth-order valence-corrected chi connectivity index (χ4v) is 2.78. The van der Waals surface area contributed by atoms with Gasteiger partial charge >= 0.3 is 6.18 Å². The normalized spacial score (nSPS) is 11.8. The van der Waals surface area contributed by atoms with E-state index in [1.54, 1.807) is 12.1 Å². The summed E-state index contributed by atoms with van der Waals surface area (Å²) in [5.41, 5.74) is -0.109. The van der Waals surface area contributed by atoms with Gasteiger partial charge in [0.15, 0.2) is 0 Å². The van der Waals surface area contributed by atoms with Crippen LogP contribution in [0.25, 0.3) is 10.2 Å². The van der Waals surface area contributed by atoms with Crippen LogP contribution in [0.5, 0.6) is 0 Å². The number of aromatic nitrogens is 1. The molecule has 3 nitrogen and oxygen atoms in total. The summed E-state index contributed by atoms with van der Waals surface area (Å²) in [6.45, 7) is 0. The van der Waals surface area contributed by atoms with Gasteiger partial charge in [0.2, 0.25) is 0 Å². The highest BCUT2D eigenvalue weighted by atomic mass is 32.1. The molecule has 2 aromatic heterocycles. The molecule has 0 aliphatic rings. The lowest BCUT2D eigenvalue weighted by Gasteiger charge is -2.12. The zero-order chi connectivity index (χ0) is 15.0. The smallest absolute Gasteiger partial charge is 0.350 e. The summed E-state index contributed by atoms with van der Waals surface area (Å²) in [6.07, 6.45) is -4.51. The molecular weight excluding hydrogens is 301 g/mol. The Bertz CT molecular complexity index is 775. The monoisotopic (exact) mass is 310 g/mol. The minimum absolute atomic E-state index is 0.230. The largest absolute Gasteiger partial charge is 0.418 e. The quantitative estimate of drug-likeness (QED) is 0.719. The van der Waals surface area contributed by atoms with Crippen LogP contribution in [0.3, 0.4) is 0 Å². The highest BCUT2D eigenvalue weighted by molar-refractivity contribution is 7.17. The molecule has 7 heteroatoms. The molecule has 21 heavy (non-hydrogen) atoms. The Balaban J connectivity index is 1.90. The first-order valence-corrected chi connectivity index (χ1v) is 6.87. The van der Waals surface area contributed by atoms with Crippen LogP contribution in [0.2, 0.25) is 0 Å². The van der Waals surface area contributed by atoms with Gasteiger partial charge in [0.1, 0.15) is 5.69 Å². The van der Waals surface area contributed by atoms with E-state index in [2.05, 4.69) is 10.3 Å². The predicted octanol–water partition coefficient (Wildman–Crippen LogP) is 4.50. The molecule has 0 spiro atoms. The van der Waals surface area contributed by atoms with Gasteiger partial charge in [-0.2, -0.15) is 13.2 Å². The average molecular weight is 310 g/mol. The lowest BCUT2D eigenvalue weighted by atomic mass is 10.1. The summed E-state index contributed by atoms with van der Waals surface area (Å²) < 4.78 is 39.5. The van der Waals surface area contributed by atoms with Crippen molar-refractivity contribution in [3.05, 3.63) is 53.0 Å². The number of hydrogen-bond acceptors (Lipinski definition) is 2. The molecule has 3 aromatic rings. The van der Waals surface area contributed by atoms with Crippen LogP contribution in [0.1, 0.15) is 16.1 Å². The molecule has 0 unspecified atom stereocenters. The molecule has 1 aromatic carbocycles. The van der Waals surface area contributed by atoms with Gasteiger partial charge in [-0.1, -0.05) is 12.1 Å². The van der Waals surface area contributed by atoms with E-state index in [0.717, 1.165) is 16.3 Å². The second kappa shape index (κ2) is 4.92. The van der Waals surface area contributed by atoms with Gasteiger partial charge in [0, 0.05) is 0 Å². The Morgan fingerprint density at radius 3 is 2.67 bits per heavy atom. The number of thiophene rings is 1. The van der Waals surface area contributed by atoms with E-state index in [0.29, 0.717) is 0 Å². The second-order valence-electron chi connectivity index (χ2n) is 4.38. The number of nitrogens with one attached hydrogen (secondary N) is 2. The highest BCUT2D eigenvalue weighted by Crippen LogP contribution is 2.34. The van der Waals surface area contributed by atoms with E-state index >= 15 is 0 Å². The molecule has 0 fully saturated rings. The Morgan fingerprint density at radius 1 is 1.19 bits per heavy atom. The van der Waals surface area contributed by atoms with Crippen molar-refractivity contribution in [1.82, 2.24) is 4.98 Å². The molecule has 108 valence electrons. The fourth-order valence-electron chi connectivity index (χ4n) is 2.00. The summed E-state index contributed by atoms with van der Waals surface area (Å²) in [4.78, 5) is 14.9. The van der Waals surface area contributed by atoms with Crippen molar-refractivity contribution in [2.45, 2.75) is 6.18 Å². The van der Waals surface area contributed by atoms with Crippen LogP contribution in [-0.4, -0.2) is 10.9 Å². The Labute approximate surface area is 121 Å². The van der Waals surface area contributed by atoms with Crippen LogP contribution in [-0.2, 0) is 6.18 Å². The lowest BCUT2D eigenvalue weighted by molar-refractivity contribution is -0.136. The van der Waals surface area contributed by atoms with Crippen LogP contribution < -0.4 is 5.32 Å². The zero-order valence-corrected chi connectivity index (χ0v) is 11.3. The second-order valence-corrected chi connectivity index (χ2v) is 5.33. The number of benzene rings is 1. The van der Waals surface area contributed by atoms with Crippen molar-refractivity contribution in [2.24, 2.45) is 0 Å². The molecule has 0 bridgehead atoms. The number of alkyl halides is 3. The lowest BCUT2D eigenvalue weighted by Crippen LogP contribution is -2.16. The fraction of sp³-hybridized carbons (Fsp3) is 0.0714. The predicted molar refractivity (Wildman–Crippen MR) is 75.6 cm³/mol. The first kappa shape index (κ1) is 13.7. The van der Waals surface area contributed by atoms with E-state index in [4.69, 9.17) is 0 Å². The summed E-state index contributed by atoms with van der Waals surface area (Å²) in [5.74, 6) is -0.602. The number of aromatic amines is 1. The van der Waals surface area contributed by atoms with Gasteiger partial charge in [-0.25, -0.2) is 0 Å². The molecule has 0 atom stereocenters. The van der Waals surface area contributed by atoms with Crippen LogP contribution in [0, 0.1) is 0 Å². The average Bonchev–Trinajstić information content (AvgIpc) is 2.98. The number of anilines is 1. The van der Waals surface area contributed by atoms with Crippen LogP contribution >= 0.6 is 11.3 Å². The first-order valence-electron chi connectivity index (χ1n) is 5.99. The molecule has 3 rings (SSSR count). The molecule has 1 amide bonds. The maximum Gasteiger partial charge on any atom is 0.418 e. The van der Waals surface area contributed by atoms with Gasteiger partial charge in [-0.3, -0.25) is 4.79 Å². The zero-order valence-electron chi connectivity index (χ0n) is 10.5. The van der Waals surface area contributed by atoms with Gasteiger partial charge in [0.25, 0.3) is 5.91 Å². The standard InChI is InChI=1S/C14H9F3N2OS/c15-14(16,17)8-3-1-2-4-9(8)19-13(20)11-7-12-10(18-11)5-6-21-12/h1-7,18H,(H,19,20). The van der Waals surface area contributed by atoms with Crippen molar-refractivity contribution < 1.29 is 18.0 Å². The Kier molecular flexibility index (Phi) is 3.21. The van der Waals surface area contributed by atoms with Gasteiger partial charge < -0.3 is 10.3 Å². The SMILES string of the molecule is O=C(Nc1ccccc1C(F)(F)F)c1cc2sccc2[nH]1. The minimum atomic E-state index is -4.51. The number of amides is 1. The molecule has 0 saturated heterocycles. The molecule has 0 aliphatic carbocycles. The third-order valence-corrected chi connectivity index (χ3v) is 3.83. The first-order chi connectivity index (χ1) is 9.95. The van der Waals surface area contributed by atoms with Crippen LogP contribution in [0.15, 0.2) is 41.8 Å². The molecular formula is C14H9F3N2OS. The number of fused-ring (bicyclic) bond motifs is 1. The number of para-hydroxylation sites is 1. The molecule has 2 heterocycles. The third kappa shape index (κ3) is 2.64. The maximum absolute atomic E-state index is 12.9. The summed E-state index contributed by atoms with van der Waals surface area (Å²) in [5, 5.41) is 4.16. The highest BCUT2D eigenvalue weighted by Gasteiger charge is 2.33. The molecule has 2 N–H and O–H groups in total. The summed E-state index contributed by atoms with van der Waals surface area (Å²) in [7, 11) is 0. The molecule has 0 saturated carbocycles. The van der Waals surface area contributed by atoms with Crippen LogP contribution in [0.4, 0.5) is 18.9 Å². The Hall–Kier alpha value is -2.28.